The molecular formula is C17H22N2O4. The SMILES string of the molecule is CCCn1c(C(=O)NC(C)(COC)C(=O)O)cc2ccccc21. The first-order chi connectivity index (χ1) is 10.9. The maximum Gasteiger partial charge on any atom is 0.331 e. The number of rotatable bonds is 7. The van der Waals surface area contributed by atoms with E-state index in [4.69, 9.17) is 4.74 Å². The second-order valence-electron chi connectivity index (χ2n) is 5.76. The van der Waals surface area contributed by atoms with Crippen molar-refractivity contribution >= 4 is 22.8 Å². The molecule has 0 aliphatic rings. The average Bonchev–Trinajstić information content (AvgIpc) is 2.87. The average molecular weight is 318 g/mol. The van der Waals surface area contributed by atoms with Gasteiger partial charge in [-0.2, -0.15) is 0 Å². The molecule has 2 aromatic rings. The van der Waals surface area contributed by atoms with E-state index < -0.39 is 17.4 Å². The number of aryl methyl sites for hydroxylation is 1. The van der Waals surface area contributed by atoms with Gasteiger partial charge in [-0.3, -0.25) is 4.79 Å². The van der Waals surface area contributed by atoms with E-state index in [9.17, 15) is 14.7 Å². The number of methoxy groups -OCH3 is 1. The van der Waals surface area contributed by atoms with Gasteiger partial charge in [0.1, 0.15) is 5.69 Å². The molecule has 0 fully saturated rings. The van der Waals surface area contributed by atoms with Gasteiger partial charge in [0.05, 0.1) is 6.61 Å². The molecule has 6 heteroatoms. The fraction of sp³-hybridized carbons (Fsp3) is 0.412. The summed E-state index contributed by atoms with van der Waals surface area (Å²) in [6.45, 7) is 4.04. The summed E-state index contributed by atoms with van der Waals surface area (Å²) < 4.78 is 6.86. The molecule has 2 rings (SSSR count). The summed E-state index contributed by atoms with van der Waals surface area (Å²) in [5.74, 6) is -1.55. The van der Waals surface area contributed by atoms with Crippen LogP contribution >= 0.6 is 0 Å². The number of carboxylic acid groups (broad SMARTS) is 1. The molecule has 0 saturated heterocycles. The second kappa shape index (κ2) is 6.83. The van der Waals surface area contributed by atoms with Crippen LogP contribution in [0.4, 0.5) is 0 Å². The molecule has 23 heavy (non-hydrogen) atoms. The number of carbonyl (C=O) groups excluding carboxylic acids is 1. The van der Waals surface area contributed by atoms with Gasteiger partial charge >= 0.3 is 5.97 Å². The van der Waals surface area contributed by atoms with Crippen LogP contribution < -0.4 is 5.32 Å². The third kappa shape index (κ3) is 3.37. The number of aliphatic carboxylic acids is 1. The van der Waals surface area contributed by atoms with Crippen LogP contribution in [-0.2, 0) is 16.1 Å². The Labute approximate surface area is 135 Å². The smallest absolute Gasteiger partial charge is 0.331 e. The number of nitrogens with zero attached hydrogens (tertiary/aromatic N) is 1. The summed E-state index contributed by atoms with van der Waals surface area (Å²) in [5.41, 5.74) is -0.0563. The zero-order valence-corrected chi connectivity index (χ0v) is 13.6. The molecule has 0 aliphatic heterocycles. The minimum Gasteiger partial charge on any atom is -0.479 e. The number of ether oxygens (including phenoxy) is 1. The maximum absolute atomic E-state index is 12.7. The fourth-order valence-electron chi connectivity index (χ4n) is 2.62. The largest absolute Gasteiger partial charge is 0.479 e. The molecule has 1 unspecified atom stereocenters. The molecule has 6 nitrogen and oxygen atoms in total. The predicted molar refractivity (Wildman–Crippen MR) is 87.6 cm³/mol. The summed E-state index contributed by atoms with van der Waals surface area (Å²) in [6.07, 6.45) is 0.868. The highest BCUT2D eigenvalue weighted by Gasteiger charge is 2.36. The summed E-state index contributed by atoms with van der Waals surface area (Å²) in [4.78, 5) is 24.1. The first-order valence-electron chi connectivity index (χ1n) is 7.56. The number of para-hydroxylation sites is 1. The molecule has 1 aromatic carbocycles. The number of carbonyl (C=O) groups is 2. The van der Waals surface area contributed by atoms with Crippen LogP contribution in [0.1, 0.15) is 30.8 Å². The first-order valence-corrected chi connectivity index (χ1v) is 7.56. The summed E-state index contributed by atoms with van der Waals surface area (Å²) >= 11 is 0. The Bertz CT molecular complexity index is 722. The van der Waals surface area contributed by atoms with Crippen LogP contribution in [0.5, 0.6) is 0 Å². The Morgan fingerprint density at radius 1 is 1.35 bits per heavy atom. The molecule has 1 aromatic heterocycles. The Kier molecular flexibility index (Phi) is 5.05. The van der Waals surface area contributed by atoms with Gasteiger partial charge in [-0.05, 0) is 25.5 Å². The van der Waals surface area contributed by atoms with Gasteiger partial charge in [0.2, 0.25) is 0 Å². The lowest BCUT2D eigenvalue weighted by atomic mass is 10.0. The number of fused-ring (bicyclic) bond motifs is 1. The second-order valence-corrected chi connectivity index (χ2v) is 5.76. The highest BCUT2D eigenvalue weighted by Crippen LogP contribution is 2.21. The van der Waals surface area contributed by atoms with Crippen molar-refractivity contribution in [3.63, 3.8) is 0 Å². The van der Waals surface area contributed by atoms with Crippen LogP contribution in [0.2, 0.25) is 0 Å². The predicted octanol–water partition coefficient (Wildman–Crippen LogP) is 2.27. The van der Waals surface area contributed by atoms with Crippen LogP contribution in [0.25, 0.3) is 10.9 Å². The van der Waals surface area contributed by atoms with E-state index in [0.29, 0.717) is 12.2 Å². The molecule has 1 atom stereocenters. The number of hydrogen-bond donors (Lipinski definition) is 2. The molecule has 0 radical (unpaired) electrons. The monoisotopic (exact) mass is 318 g/mol. The molecule has 0 saturated carbocycles. The van der Waals surface area contributed by atoms with Crippen LogP contribution in [-0.4, -0.2) is 40.8 Å². The number of aromatic nitrogens is 1. The Morgan fingerprint density at radius 2 is 2.04 bits per heavy atom. The molecule has 1 amide bonds. The lowest BCUT2D eigenvalue weighted by Gasteiger charge is -2.25. The molecule has 0 spiro atoms. The van der Waals surface area contributed by atoms with E-state index in [2.05, 4.69) is 5.32 Å². The van der Waals surface area contributed by atoms with Gasteiger partial charge in [-0.25, -0.2) is 4.79 Å². The van der Waals surface area contributed by atoms with Crippen molar-refractivity contribution in [3.8, 4) is 0 Å². The quantitative estimate of drug-likeness (QED) is 0.820. The van der Waals surface area contributed by atoms with Gasteiger partial charge in [-0.1, -0.05) is 25.1 Å². The van der Waals surface area contributed by atoms with E-state index in [-0.39, 0.29) is 6.61 Å². The maximum atomic E-state index is 12.7. The van der Waals surface area contributed by atoms with E-state index in [0.717, 1.165) is 17.3 Å². The molecule has 124 valence electrons. The summed E-state index contributed by atoms with van der Waals surface area (Å²) in [5, 5.41) is 12.9. The van der Waals surface area contributed by atoms with Crippen LogP contribution in [0, 0.1) is 0 Å². The zero-order valence-electron chi connectivity index (χ0n) is 13.6. The normalized spacial score (nSPS) is 13.7. The number of nitrogens with one attached hydrogen (secondary N) is 1. The topological polar surface area (TPSA) is 80.6 Å². The highest BCUT2D eigenvalue weighted by atomic mass is 16.5. The van der Waals surface area contributed by atoms with Crippen molar-refractivity contribution in [1.29, 1.82) is 0 Å². The van der Waals surface area contributed by atoms with E-state index >= 15 is 0 Å². The minimum atomic E-state index is -1.47. The number of amides is 1. The van der Waals surface area contributed by atoms with E-state index in [1.165, 1.54) is 14.0 Å². The Morgan fingerprint density at radius 3 is 2.65 bits per heavy atom. The number of carboxylic acids is 1. The third-order valence-electron chi connectivity index (χ3n) is 3.78. The molecule has 2 N–H and O–H groups in total. The number of hydrogen-bond acceptors (Lipinski definition) is 3. The van der Waals surface area contributed by atoms with Crippen molar-refractivity contribution in [2.75, 3.05) is 13.7 Å². The molecule has 0 bridgehead atoms. The van der Waals surface area contributed by atoms with E-state index in [1.807, 2.05) is 35.8 Å². The van der Waals surface area contributed by atoms with Crippen molar-refractivity contribution < 1.29 is 19.4 Å². The first kappa shape index (κ1) is 17.0. The zero-order chi connectivity index (χ0) is 17.0. The minimum absolute atomic E-state index is 0.109. The van der Waals surface area contributed by atoms with E-state index in [1.54, 1.807) is 6.07 Å². The van der Waals surface area contributed by atoms with Crippen molar-refractivity contribution in [1.82, 2.24) is 9.88 Å². The summed E-state index contributed by atoms with van der Waals surface area (Å²) in [6, 6.07) is 9.50. The molecule has 0 aliphatic carbocycles. The Balaban J connectivity index is 2.40. The van der Waals surface area contributed by atoms with Crippen LogP contribution in [0.3, 0.4) is 0 Å². The van der Waals surface area contributed by atoms with Gasteiger partial charge in [-0.15, -0.1) is 0 Å². The lowest BCUT2D eigenvalue weighted by molar-refractivity contribution is -0.145. The highest BCUT2D eigenvalue weighted by molar-refractivity contribution is 6.01. The van der Waals surface area contributed by atoms with Crippen molar-refractivity contribution in [3.05, 3.63) is 36.0 Å². The van der Waals surface area contributed by atoms with Gasteiger partial charge in [0.25, 0.3) is 5.91 Å². The standard InChI is InChI=1S/C17H22N2O4/c1-4-9-19-13-8-6-5-7-12(13)10-14(19)15(20)18-17(2,11-23-3)16(21)22/h5-8,10H,4,9,11H2,1-3H3,(H,18,20)(H,21,22). The van der Waals surface area contributed by atoms with Crippen LogP contribution in [0.15, 0.2) is 30.3 Å². The van der Waals surface area contributed by atoms with Gasteiger partial charge in [0.15, 0.2) is 5.54 Å². The Hall–Kier alpha value is -2.34. The van der Waals surface area contributed by atoms with Crippen molar-refractivity contribution in [2.45, 2.75) is 32.4 Å². The van der Waals surface area contributed by atoms with Gasteiger partial charge < -0.3 is 19.7 Å². The fourth-order valence-corrected chi connectivity index (χ4v) is 2.62. The molecule has 1 heterocycles. The third-order valence-corrected chi connectivity index (χ3v) is 3.78. The summed E-state index contributed by atoms with van der Waals surface area (Å²) in [7, 11) is 1.40. The van der Waals surface area contributed by atoms with Crippen molar-refractivity contribution in [2.24, 2.45) is 0 Å². The lowest BCUT2D eigenvalue weighted by Crippen LogP contribution is -2.55. The molecular weight excluding hydrogens is 296 g/mol. The van der Waals surface area contributed by atoms with Gasteiger partial charge in [0, 0.05) is 24.6 Å². The number of benzene rings is 1.